The Balaban J connectivity index is 1.92. The van der Waals surface area contributed by atoms with Crippen LogP contribution >= 0.6 is 15.9 Å². The molecule has 1 heterocycles. The van der Waals surface area contributed by atoms with Crippen LogP contribution < -0.4 is 0 Å². The quantitative estimate of drug-likeness (QED) is 0.793. The van der Waals surface area contributed by atoms with E-state index < -0.39 is 0 Å². The van der Waals surface area contributed by atoms with Gasteiger partial charge in [-0.25, -0.2) is 0 Å². The summed E-state index contributed by atoms with van der Waals surface area (Å²) < 4.78 is 8.19. The molecule has 17 heavy (non-hydrogen) atoms. The van der Waals surface area contributed by atoms with Gasteiger partial charge in [-0.1, -0.05) is 30.3 Å². The molecule has 0 aliphatic rings. The third-order valence-corrected chi connectivity index (χ3v) is 2.79. The van der Waals surface area contributed by atoms with E-state index in [4.69, 9.17) is 4.74 Å². The largest absolute Gasteiger partial charge is 0.356 e. The lowest BCUT2D eigenvalue weighted by Crippen LogP contribution is -2.04. The van der Waals surface area contributed by atoms with Crippen LogP contribution in [-0.2, 0) is 18.1 Å². The van der Waals surface area contributed by atoms with Gasteiger partial charge in [-0.2, -0.15) is 0 Å². The number of benzene rings is 1. The first-order valence-electron chi connectivity index (χ1n) is 5.22. The van der Waals surface area contributed by atoms with Gasteiger partial charge in [0.2, 0.25) is 0 Å². The fourth-order valence-electron chi connectivity index (χ4n) is 1.53. The fourth-order valence-corrected chi connectivity index (χ4v) is 2.02. The predicted octanol–water partition coefficient (Wildman–Crippen LogP) is 3.24. The van der Waals surface area contributed by atoms with Crippen molar-refractivity contribution in [3.63, 3.8) is 0 Å². The van der Waals surface area contributed by atoms with E-state index >= 15 is 0 Å². The summed E-state index contributed by atoms with van der Waals surface area (Å²) in [4.78, 5) is 10.8. The highest BCUT2D eigenvalue weighted by Crippen LogP contribution is 2.14. The lowest BCUT2D eigenvalue weighted by Gasteiger charge is -2.06. The van der Waals surface area contributed by atoms with Crippen molar-refractivity contribution >= 4 is 22.2 Å². The number of halogens is 1. The highest BCUT2D eigenvalue weighted by molar-refractivity contribution is 9.10. The molecule has 1 aromatic carbocycles. The SMILES string of the molecule is O=Cc1cc(Br)cn1COCc1ccccc1. The second-order valence-electron chi connectivity index (χ2n) is 3.63. The molecule has 0 saturated heterocycles. The van der Waals surface area contributed by atoms with Crippen molar-refractivity contribution in [2.45, 2.75) is 13.3 Å². The average Bonchev–Trinajstić information content (AvgIpc) is 2.71. The third kappa shape index (κ3) is 3.28. The summed E-state index contributed by atoms with van der Waals surface area (Å²) in [5.41, 5.74) is 1.72. The highest BCUT2D eigenvalue weighted by Gasteiger charge is 2.02. The molecule has 2 rings (SSSR count). The Morgan fingerprint density at radius 2 is 2.06 bits per heavy atom. The highest BCUT2D eigenvalue weighted by atomic mass is 79.9. The summed E-state index contributed by atoms with van der Waals surface area (Å²) in [7, 11) is 0. The normalized spacial score (nSPS) is 10.4. The summed E-state index contributed by atoms with van der Waals surface area (Å²) in [6.07, 6.45) is 2.64. The van der Waals surface area contributed by atoms with Crippen LogP contribution in [0.5, 0.6) is 0 Å². The molecule has 3 nitrogen and oxygen atoms in total. The van der Waals surface area contributed by atoms with E-state index in [-0.39, 0.29) is 0 Å². The molecule has 0 atom stereocenters. The molecule has 0 unspecified atom stereocenters. The number of hydrogen-bond acceptors (Lipinski definition) is 2. The fraction of sp³-hybridized carbons (Fsp3) is 0.154. The Morgan fingerprint density at radius 1 is 1.29 bits per heavy atom. The van der Waals surface area contributed by atoms with Gasteiger partial charge in [0.1, 0.15) is 6.73 Å². The summed E-state index contributed by atoms with van der Waals surface area (Å²) in [5.74, 6) is 0. The van der Waals surface area contributed by atoms with Crippen LogP contribution in [0.2, 0.25) is 0 Å². The zero-order valence-electron chi connectivity index (χ0n) is 9.17. The molecule has 0 spiro atoms. The Hall–Kier alpha value is -1.39. The first-order chi connectivity index (χ1) is 8.29. The van der Waals surface area contributed by atoms with Gasteiger partial charge >= 0.3 is 0 Å². The summed E-state index contributed by atoms with van der Waals surface area (Å²) in [6, 6.07) is 11.7. The standard InChI is InChI=1S/C13H12BrNO2/c14-12-6-13(8-16)15(7-12)10-17-9-11-4-2-1-3-5-11/h1-8H,9-10H2. The lowest BCUT2D eigenvalue weighted by atomic mass is 10.2. The molecule has 88 valence electrons. The van der Waals surface area contributed by atoms with Crippen molar-refractivity contribution in [3.05, 3.63) is 58.3 Å². The minimum atomic E-state index is 0.370. The van der Waals surface area contributed by atoms with Crippen LogP contribution in [0.4, 0.5) is 0 Å². The molecule has 0 fully saturated rings. The topological polar surface area (TPSA) is 31.2 Å². The number of aldehydes is 1. The smallest absolute Gasteiger partial charge is 0.166 e. The molecule has 0 N–H and O–H groups in total. The van der Waals surface area contributed by atoms with Gasteiger partial charge < -0.3 is 9.30 Å². The minimum Gasteiger partial charge on any atom is -0.356 e. The van der Waals surface area contributed by atoms with Crippen LogP contribution in [0.3, 0.4) is 0 Å². The zero-order valence-corrected chi connectivity index (χ0v) is 10.8. The molecule has 0 amide bonds. The van der Waals surface area contributed by atoms with Crippen LogP contribution in [0, 0.1) is 0 Å². The Labute approximate surface area is 108 Å². The zero-order chi connectivity index (χ0) is 12.1. The number of carbonyl (C=O) groups is 1. The van der Waals surface area contributed by atoms with Crippen LogP contribution in [-0.4, -0.2) is 10.9 Å². The van der Waals surface area contributed by atoms with Crippen molar-refractivity contribution in [2.24, 2.45) is 0 Å². The Morgan fingerprint density at radius 3 is 2.76 bits per heavy atom. The Kier molecular flexibility index (Phi) is 4.12. The van der Waals surface area contributed by atoms with E-state index in [2.05, 4.69) is 15.9 Å². The molecule has 0 saturated carbocycles. The lowest BCUT2D eigenvalue weighted by molar-refractivity contribution is 0.0622. The molecule has 0 aliphatic heterocycles. The molecule has 0 aliphatic carbocycles. The number of carbonyl (C=O) groups excluding carboxylic acids is 1. The maximum absolute atomic E-state index is 10.8. The van der Waals surface area contributed by atoms with E-state index in [1.807, 2.05) is 36.5 Å². The van der Waals surface area contributed by atoms with E-state index in [1.54, 1.807) is 10.6 Å². The summed E-state index contributed by atoms with van der Waals surface area (Å²) in [6.45, 7) is 0.906. The van der Waals surface area contributed by atoms with E-state index in [1.165, 1.54) is 0 Å². The van der Waals surface area contributed by atoms with Crippen molar-refractivity contribution < 1.29 is 9.53 Å². The van der Waals surface area contributed by atoms with Gasteiger partial charge in [0.25, 0.3) is 0 Å². The summed E-state index contributed by atoms with van der Waals surface area (Å²) in [5, 5.41) is 0. The molecule has 2 aromatic rings. The number of hydrogen-bond donors (Lipinski definition) is 0. The van der Waals surface area contributed by atoms with Gasteiger partial charge in [-0.05, 0) is 27.6 Å². The van der Waals surface area contributed by atoms with Gasteiger partial charge in [0, 0.05) is 10.7 Å². The molecular formula is C13H12BrNO2. The van der Waals surface area contributed by atoms with E-state index in [9.17, 15) is 4.79 Å². The van der Waals surface area contributed by atoms with Crippen molar-refractivity contribution in [1.82, 2.24) is 4.57 Å². The first-order valence-corrected chi connectivity index (χ1v) is 6.01. The minimum absolute atomic E-state index is 0.370. The molecule has 4 heteroatoms. The molecular weight excluding hydrogens is 282 g/mol. The second-order valence-corrected chi connectivity index (χ2v) is 4.55. The van der Waals surface area contributed by atoms with Crippen LogP contribution in [0.1, 0.15) is 16.1 Å². The maximum Gasteiger partial charge on any atom is 0.166 e. The third-order valence-electron chi connectivity index (χ3n) is 2.36. The van der Waals surface area contributed by atoms with Crippen molar-refractivity contribution in [2.75, 3.05) is 0 Å². The van der Waals surface area contributed by atoms with Gasteiger partial charge in [-0.15, -0.1) is 0 Å². The van der Waals surface area contributed by atoms with Crippen LogP contribution in [0.15, 0.2) is 47.1 Å². The number of nitrogens with zero attached hydrogens (tertiary/aromatic N) is 1. The van der Waals surface area contributed by atoms with Gasteiger partial charge in [0.05, 0.1) is 12.3 Å². The van der Waals surface area contributed by atoms with Gasteiger partial charge in [-0.3, -0.25) is 4.79 Å². The van der Waals surface area contributed by atoms with Crippen molar-refractivity contribution in [1.29, 1.82) is 0 Å². The average molecular weight is 294 g/mol. The number of aromatic nitrogens is 1. The monoisotopic (exact) mass is 293 g/mol. The number of ether oxygens (including phenoxy) is 1. The molecule has 1 aromatic heterocycles. The first kappa shape index (κ1) is 12.1. The van der Waals surface area contributed by atoms with E-state index in [0.717, 1.165) is 16.3 Å². The molecule has 0 radical (unpaired) electrons. The number of rotatable bonds is 5. The second kappa shape index (κ2) is 5.80. The van der Waals surface area contributed by atoms with Crippen LogP contribution in [0.25, 0.3) is 0 Å². The molecule has 0 bridgehead atoms. The maximum atomic E-state index is 10.8. The van der Waals surface area contributed by atoms with Gasteiger partial charge in [0.15, 0.2) is 6.29 Å². The Bertz CT molecular complexity index is 493. The predicted molar refractivity (Wildman–Crippen MR) is 68.8 cm³/mol. The summed E-state index contributed by atoms with van der Waals surface area (Å²) >= 11 is 3.33. The van der Waals surface area contributed by atoms with Crippen molar-refractivity contribution in [3.8, 4) is 0 Å². The van der Waals surface area contributed by atoms with E-state index in [0.29, 0.717) is 19.0 Å².